The molecule has 0 spiro atoms. The van der Waals surface area contributed by atoms with E-state index in [0.717, 1.165) is 17.9 Å². The van der Waals surface area contributed by atoms with Crippen molar-refractivity contribution in [3.8, 4) is 11.4 Å². The second-order valence-corrected chi connectivity index (χ2v) is 4.50. The maximum atomic E-state index is 10.6. The van der Waals surface area contributed by atoms with Gasteiger partial charge in [-0.05, 0) is 18.1 Å². The second-order valence-electron chi connectivity index (χ2n) is 4.50. The average molecular weight is 246 g/mol. The number of rotatable bonds is 4. The van der Waals surface area contributed by atoms with E-state index in [1.807, 2.05) is 4.57 Å². The minimum Gasteiger partial charge on any atom is -0.313 e. The molecule has 0 aliphatic carbocycles. The standard InChI is InChI=1S/C12H14N4O2/c1-9(2)7-15-8-13-14-12(15)10-3-5-11(6-4-10)16(17)18/h3-6,8-9H,7H2,1-2H3. The average Bonchev–Trinajstić information content (AvgIpc) is 2.76. The topological polar surface area (TPSA) is 73.8 Å². The fraction of sp³-hybridized carbons (Fsp3) is 0.333. The summed E-state index contributed by atoms with van der Waals surface area (Å²) in [6.45, 7) is 5.04. The highest BCUT2D eigenvalue weighted by Gasteiger charge is 2.10. The molecule has 0 fully saturated rings. The van der Waals surface area contributed by atoms with Crippen LogP contribution in [0.5, 0.6) is 0 Å². The Bertz CT molecular complexity index is 545. The molecule has 0 saturated heterocycles. The number of non-ortho nitro benzene ring substituents is 1. The highest BCUT2D eigenvalue weighted by Crippen LogP contribution is 2.21. The van der Waals surface area contributed by atoms with E-state index >= 15 is 0 Å². The summed E-state index contributed by atoms with van der Waals surface area (Å²) in [5.74, 6) is 1.22. The van der Waals surface area contributed by atoms with Crippen LogP contribution in [-0.4, -0.2) is 19.7 Å². The van der Waals surface area contributed by atoms with Crippen LogP contribution in [0.2, 0.25) is 0 Å². The first-order valence-corrected chi connectivity index (χ1v) is 5.70. The molecule has 6 nitrogen and oxygen atoms in total. The molecular formula is C12H14N4O2. The molecule has 0 aliphatic heterocycles. The number of benzene rings is 1. The van der Waals surface area contributed by atoms with Crippen molar-refractivity contribution in [2.75, 3.05) is 0 Å². The van der Waals surface area contributed by atoms with Crippen LogP contribution in [0.15, 0.2) is 30.6 Å². The molecule has 0 saturated carbocycles. The lowest BCUT2D eigenvalue weighted by atomic mass is 10.2. The molecule has 1 heterocycles. The van der Waals surface area contributed by atoms with Crippen LogP contribution in [0.3, 0.4) is 0 Å². The van der Waals surface area contributed by atoms with Crippen LogP contribution in [0.25, 0.3) is 11.4 Å². The van der Waals surface area contributed by atoms with Gasteiger partial charge in [-0.2, -0.15) is 0 Å². The van der Waals surface area contributed by atoms with Crippen molar-refractivity contribution >= 4 is 5.69 Å². The number of nitro groups is 1. The minimum absolute atomic E-state index is 0.0775. The van der Waals surface area contributed by atoms with Gasteiger partial charge in [-0.3, -0.25) is 10.1 Å². The van der Waals surface area contributed by atoms with Crippen molar-refractivity contribution in [2.24, 2.45) is 5.92 Å². The van der Waals surface area contributed by atoms with Crippen LogP contribution in [0.1, 0.15) is 13.8 Å². The molecule has 0 N–H and O–H groups in total. The number of hydrogen-bond donors (Lipinski definition) is 0. The zero-order valence-corrected chi connectivity index (χ0v) is 10.3. The maximum Gasteiger partial charge on any atom is 0.269 e. The van der Waals surface area contributed by atoms with E-state index in [4.69, 9.17) is 0 Å². The predicted molar refractivity (Wildman–Crippen MR) is 67.0 cm³/mol. The van der Waals surface area contributed by atoms with Crippen LogP contribution in [-0.2, 0) is 6.54 Å². The normalized spacial score (nSPS) is 10.8. The highest BCUT2D eigenvalue weighted by molar-refractivity contribution is 5.57. The summed E-state index contributed by atoms with van der Waals surface area (Å²) in [7, 11) is 0. The van der Waals surface area contributed by atoms with Gasteiger partial charge < -0.3 is 4.57 Å². The Morgan fingerprint density at radius 3 is 2.56 bits per heavy atom. The fourth-order valence-corrected chi connectivity index (χ4v) is 1.74. The molecule has 0 aliphatic rings. The molecule has 18 heavy (non-hydrogen) atoms. The van der Waals surface area contributed by atoms with E-state index in [0.29, 0.717) is 5.92 Å². The Morgan fingerprint density at radius 1 is 1.33 bits per heavy atom. The fourth-order valence-electron chi connectivity index (χ4n) is 1.74. The van der Waals surface area contributed by atoms with Gasteiger partial charge in [0, 0.05) is 24.2 Å². The van der Waals surface area contributed by atoms with Crippen LogP contribution >= 0.6 is 0 Å². The van der Waals surface area contributed by atoms with Gasteiger partial charge in [-0.15, -0.1) is 10.2 Å². The Balaban J connectivity index is 2.31. The maximum absolute atomic E-state index is 10.6. The summed E-state index contributed by atoms with van der Waals surface area (Å²) in [6.07, 6.45) is 1.68. The predicted octanol–water partition coefficient (Wildman–Crippen LogP) is 2.51. The SMILES string of the molecule is CC(C)Cn1cnnc1-c1ccc([N+](=O)[O-])cc1. The van der Waals surface area contributed by atoms with Gasteiger partial charge in [0.1, 0.15) is 6.33 Å². The van der Waals surface area contributed by atoms with Gasteiger partial charge in [0.05, 0.1) is 4.92 Å². The smallest absolute Gasteiger partial charge is 0.269 e. The number of aromatic nitrogens is 3. The third-order valence-electron chi connectivity index (χ3n) is 2.51. The Kier molecular flexibility index (Phi) is 3.36. The molecule has 0 radical (unpaired) electrons. The molecule has 2 rings (SSSR count). The van der Waals surface area contributed by atoms with Gasteiger partial charge in [0.2, 0.25) is 0 Å². The van der Waals surface area contributed by atoms with Crippen molar-refractivity contribution in [3.05, 3.63) is 40.7 Å². The first kappa shape index (κ1) is 12.2. The Morgan fingerprint density at radius 2 is 2.00 bits per heavy atom. The third kappa shape index (κ3) is 2.53. The molecular weight excluding hydrogens is 232 g/mol. The van der Waals surface area contributed by atoms with Crippen LogP contribution in [0.4, 0.5) is 5.69 Å². The quantitative estimate of drug-likeness (QED) is 0.613. The van der Waals surface area contributed by atoms with Gasteiger partial charge in [-0.1, -0.05) is 13.8 Å². The molecule has 2 aromatic rings. The van der Waals surface area contributed by atoms with Crippen molar-refractivity contribution in [1.82, 2.24) is 14.8 Å². The monoisotopic (exact) mass is 246 g/mol. The molecule has 0 unspecified atom stereocenters. The molecule has 1 aromatic heterocycles. The molecule has 1 aromatic carbocycles. The largest absolute Gasteiger partial charge is 0.313 e. The first-order valence-electron chi connectivity index (χ1n) is 5.70. The number of hydrogen-bond acceptors (Lipinski definition) is 4. The first-order chi connectivity index (χ1) is 8.58. The zero-order chi connectivity index (χ0) is 13.1. The van der Waals surface area contributed by atoms with E-state index in [-0.39, 0.29) is 5.69 Å². The lowest BCUT2D eigenvalue weighted by Crippen LogP contribution is -2.05. The summed E-state index contributed by atoms with van der Waals surface area (Å²) in [5.41, 5.74) is 0.910. The molecule has 0 bridgehead atoms. The number of nitrogens with zero attached hydrogens (tertiary/aromatic N) is 4. The molecule has 0 amide bonds. The lowest BCUT2D eigenvalue weighted by molar-refractivity contribution is -0.384. The highest BCUT2D eigenvalue weighted by atomic mass is 16.6. The summed E-state index contributed by atoms with van der Waals surface area (Å²) in [5, 5.41) is 18.5. The van der Waals surface area contributed by atoms with Gasteiger partial charge in [0.15, 0.2) is 5.82 Å². The Hall–Kier alpha value is -2.24. The van der Waals surface area contributed by atoms with Crippen molar-refractivity contribution in [3.63, 3.8) is 0 Å². The summed E-state index contributed by atoms with van der Waals surface area (Å²) in [4.78, 5) is 10.2. The van der Waals surface area contributed by atoms with E-state index in [1.54, 1.807) is 18.5 Å². The van der Waals surface area contributed by atoms with E-state index in [9.17, 15) is 10.1 Å². The molecule has 94 valence electrons. The van der Waals surface area contributed by atoms with E-state index in [1.165, 1.54) is 12.1 Å². The van der Waals surface area contributed by atoms with Crippen LogP contribution < -0.4 is 0 Å². The van der Waals surface area contributed by atoms with E-state index < -0.39 is 4.92 Å². The third-order valence-corrected chi connectivity index (χ3v) is 2.51. The van der Waals surface area contributed by atoms with Crippen molar-refractivity contribution < 1.29 is 4.92 Å². The van der Waals surface area contributed by atoms with Crippen molar-refractivity contribution in [1.29, 1.82) is 0 Å². The van der Waals surface area contributed by atoms with Gasteiger partial charge in [0.25, 0.3) is 5.69 Å². The second kappa shape index (κ2) is 4.95. The minimum atomic E-state index is -0.414. The lowest BCUT2D eigenvalue weighted by Gasteiger charge is -2.08. The summed E-state index contributed by atoms with van der Waals surface area (Å²) in [6, 6.07) is 6.34. The van der Waals surface area contributed by atoms with Gasteiger partial charge >= 0.3 is 0 Å². The van der Waals surface area contributed by atoms with Crippen LogP contribution in [0, 0.1) is 16.0 Å². The van der Waals surface area contributed by atoms with Gasteiger partial charge in [-0.25, -0.2) is 0 Å². The number of nitro benzene ring substituents is 1. The molecule has 0 atom stereocenters. The molecule has 6 heteroatoms. The van der Waals surface area contributed by atoms with Crippen molar-refractivity contribution in [2.45, 2.75) is 20.4 Å². The Labute approximate surface area is 104 Å². The van der Waals surface area contributed by atoms with E-state index in [2.05, 4.69) is 24.0 Å². The summed E-state index contributed by atoms with van der Waals surface area (Å²) >= 11 is 0. The summed E-state index contributed by atoms with van der Waals surface area (Å²) < 4.78 is 1.95. The zero-order valence-electron chi connectivity index (χ0n) is 10.3.